The Labute approximate surface area is 42.4 Å². The van der Waals surface area contributed by atoms with Gasteiger partial charge >= 0.3 is 0 Å². The minimum absolute atomic E-state index is 1.69. The summed E-state index contributed by atoms with van der Waals surface area (Å²) < 4.78 is 0. The second kappa shape index (κ2) is 2.17. The summed E-state index contributed by atoms with van der Waals surface area (Å²) in [5.74, 6) is 0. The fourth-order valence-electron chi connectivity index (χ4n) is 0.340. The lowest BCUT2D eigenvalue weighted by atomic mass is 10.5. The van der Waals surface area contributed by atoms with Gasteiger partial charge in [-0.2, -0.15) is 0 Å². The molecule has 7 heavy (non-hydrogen) atoms. The fourth-order valence-corrected chi connectivity index (χ4v) is 0.340. The second-order valence-corrected chi connectivity index (χ2v) is 1.14. The largest absolute Gasteiger partial charge is 0.264 e. The monoisotopic (exact) mass is 91.0 g/mol. The highest BCUT2D eigenvalue weighted by Crippen LogP contribution is 1.79. The third-order valence-corrected chi connectivity index (χ3v) is 0.621. The molecule has 0 bridgehead atoms. The molecule has 0 atom stereocenters. The molecule has 0 aromatic carbocycles. The molecule has 0 aromatic heterocycles. The Balaban J connectivity index is 2.86. The lowest BCUT2D eigenvalue weighted by Gasteiger charge is -1.62. The van der Waals surface area contributed by atoms with Gasteiger partial charge in [-0.15, -0.1) is 5.73 Å². The SMILES string of the molecule is C1=CC=CN=CC=1. The van der Waals surface area contributed by atoms with E-state index >= 15 is 0 Å². The molecule has 0 radical (unpaired) electrons. The van der Waals surface area contributed by atoms with Gasteiger partial charge in [0.25, 0.3) is 0 Å². The predicted octanol–water partition coefficient (Wildman–Crippen LogP) is 1.30. The quantitative estimate of drug-likeness (QED) is 0.398. The topological polar surface area (TPSA) is 12.4 Å². The number of allylic oxidation sites excluding steroid dienone is 2. The highest BCUT2D eigenvalue weighted by Gasteiger charge is 1.63. The molecule has 0 aliphatic carbocycles. The fraction of sp³-hybridized carbons (Fsp3) is 0. The number of aliphatic imine (C=N–C) groups is 1. The Morgan fingerprint density at radius 3 is 3.29 bits per heavy atom. The van der Waals surface area contributed by atoms with Gasteiger partial charge in [0.1, 0.15) is 0 Å². The summed E-state index contributed by atoms with van der Waals surface area (Å²) in [6, 6.07) is 0. The van der Waals surface area contributed by atoms with E-state index in [1.165, 1.54) is 0 Å². The van der Waals surface area contributed by atoms with E-state index in [0.717, 1.165) is 0 Å². The molecular formula is C6H5N. The van der Waals surface area contributed by atoms with Crippen molar-refractivity contribution in [2.45, 2.75) is 0 Å². The van der Waals surface area contributed by atoms with Crippen molar-refractivity contribution >= 4 is 6.21 Å². The molecule has 1 aliphatic heterocycles. The van der Waals surface area contributed by atoms with E-state index in [4.69, 9.17) is 0 Å². The van der Waals surface area contributed by atoms with E-state index in [-0.39, 0.29) is 0 Å². The molecule has 34 valence electrons. The van der Waals surface area contributed by atoms with Crippen molar-refractivity contribution in [1.29, 1.82) is 0 Å². The second-order valence-electron chi connectivity index (χ2n) is 1.14. The van der Waals surface area contributed by atoms with E-state index in [1.54, 1.807) is 18.5 Å². The molecule has 1 nitrogen and oxygen atoms in total. The molecule has 0 fully saturated rings. The molecule has 0 N–H and O–H groups in total. The summed E-state index contributed by atoms with van der Waals surface area (Å²) in [5, 5.41) is 0. The molecule has 0 saturated heterocycles. The van der Waals surface area contributed by atoms with Gasteiger partial charge in [-0.1, -0.05) is 0 Å². The Kier molecular flexibility index (Phi) is 1.27. The van der Waals surface area contributed by atoms with Crippen molar-refractivity contribution in [1.82, 2.24) is 0 Å². The zero-order chi connectivity index (χ0) is 4.95. The van der Waals surface area contributed by atoms with Crippen LogP contribution in [-0.2, 0) is 0 Å². The number of hydrogen-bond donors (Lipinski definition) is 0. The Hall–Kier alpha value is -1.07. The van der Waals surface area contributed by atoms with Gasteiger partial charge < -0.3 is 0 Å². The van der Waals surface area contributed by atoms with Crippen molar-refractivity contribution in [3.8, 4) is 0 Å². The maximum atomic E-state index is 3.82. The van der Waals surface area contributed by atoms with Gasteiger partial charge in [-0.3, -0.25) is 4.99 Å². The number of nitrogens with zero attached hydrogens (tertiary/aromatic N) is 1. The average Bonchev–Trinajstić information content (AvgIpc) is 1.90. The third-order valence-electron chi connectivity index (χ3n) is 0.621. The molecule has 1 heterocycles. The standard InChI is InChI=1S/C6H5N/c1-2-4-6-7-5-3-1/h1,3-6H. The lowest BCUT2D eigenvalue weighted by Crippen LogP contribution is -1.52. The van der Waals surface area contributed by atoms with E-state index < -0.39 is 0 Å². The van der Waals surface area contributed by atoms with Gasteiger partial charge in [0.05, 0.1) is 0 Å². The summed E-state index contributed by atoms with van der Waals surface area (Å²) in [5.41, 5.74) is 2.86. The van der Waals surface area contributed by atoms with Crippen LogP contribution in [0.1, 0.15) is 0 Å². The van der Waals surface area contributed by atoms with E-state index in [2.05, 4.69) is 10.7 Å². The van der Waals surface area contributed by atoms with Crippen molar-refractivity contribution in [2.24, 2.45) is 4.99 Å². The van der Waals surface area contributed by atoms with Crippen LogP contribution in [-0.4, -0.2) is 6.21 Å². The van der Waals surface area contributed by atoms with Gasteiger partial charge in [-0.05, 0) is 18.2 Å². The van der Waals surface area contributed by atoms with Crippen LogP contribution in [0.5, 0.6) is 0 Å². The summed E-state index contributed by atoms with van der Waals surface area (Å²) in [6.45, 7) is 0. The summed E-state index contributed by atoms with van der Waals surface area (Å²) in [6.07, 6.45) is 8.82. The minimum atomic E-state index is 1.69. The molecule has 0 amide bonds. The van der Waals surface area contributed by atoms with Crippen molar-refractivity contribution in [3.63, 3.8) is 0 Å². The maximum Gasteiger partial charge on any atom is 0.0344 e. The zero-order valence-corrected chi connectivity index (χ0v) is 3.83. The van der Waals surface area contributed by atoms with E-state index in [9.17, 15) is 0 Å². The van der Waals surface area contributed by atoms with Gasteiger partial charge in [0.2, 0.25) is 0 Å². The lowest BCUT2D eigenvalue weighted by molar-refractivity contribution is 1.61. The van der Waals surface area contributed by atoms with E-state index in [0.29, 0.717) is 0 Å². The number of rotatable bonds is 0. The van der Waals surface area contributed by atoms with Crippen molar-refractivity contribution < 1.29 is 0 Å². The van der Waals surface area contributed by atoms with Crippen LogP contribution in [0.15, 0.2) is 35.2 Å². The molecule has 0 spiro atoms. The average molecular weight is 91.1 g/mol. The molecule has 0 unspecified atom stereocenters. The minimum Gasteiger partial charge on any atom is -0.264 e. The van der Waals surface area contributed by atoms with Crippen LogP contribution in [0, 0.1) is 0 Å². The number of hydrogen-bond acceptors (Lipinski definition) is 1. The Bertz CT molecular complexity index is 141. The summed E-state index contributed by atoms with van der Waals surface area (Å²) >= 11 is 0. The van der Waals surface area contributed by atoms with Crippen LogP contribution >= 0.6 is 0 Å². The van der Waals surface area contributed by atoms with Crippen LogP contribution in [0.2, 0.25) is 0 Å². The predicted molar refractivity (Wildman–Crippen MR) is 30.3 cm³/mol. The van der Waals surface area contributed by atoms with Gasteiger partial charge in [0.15, 0.2) is 0 Å². The van der Waals surface area contributed by atoms with Crippen LogP contribution in [0.25, 0.3) is 0 Å². The highest BCUT2D eigenvalue weighted by atomic mass is 14.6. The first-order valence-corrected chi connectivity index (χ1v) is 2.09. The highest BCUT2D eigenvalue weighted by molar-refractivity contribution is 5.71. The van der Waals surface area contributed by atoms with Crippen LogP contribution < -0.4 is 0 Å². The third kappa shape index (κ3) is 1.20. The molecule has 1 rings (SSSR count). The molecular weight excluding hydrogens is 86.1 g/mol. The first-order chi connectivity index (χ1) is 3.50. The smallest absolute Gasteiger partial charge is 0.0344 e. The van der Waals surface area contributed by atoms with Gasteiger partial charge in [0, 0.05) is 12.4 Å². The summed E-state index contributed by atoms with van der Waals surface area (Å²) in [7, 11) is 0. The van der Waals surface area contributed by atoms with Crippen LogP contribution in [0.4, 0.5) is 0 Å². The molecule has 0 saturated carbocycles. The van der Waals surface area contributed by atoms with Crippen molar-refractivity contribution in [2.75, 3.05) is 0 Å². The molecule has 0 aromatic rings. The maximum absolute atomic E-state index is 3.82. The normalized spacial score (nSPS) is 14.9. The van der Waals surface area contributed by atoms with E-state index in [1.807, 2.05) is 12.2 Å². The summed E-state index contributed by atoms with van der Waals surface area (Å²) in [4.78, 5) is 3.82. The molecule has 1 aliphatic rings. The van der Waals surface area contributed by atoms with Crippen molar-refractivity contribution in [3.05, 3.63) is 30.2 Å². The van der Waals surface area contributed by atoms with Gasteiger partial charge in [-0.25, -0.2) is 0 Å². The first kappa shape index (κ1) is 4.10. The Morgan fingerprint density at radius 1 is 1.29 bits per heavy atom. The molecule has 1 heteroatoms. The Morgan fingerprint density at radius 2 is 2.29 bits per heavy atom. The van der Waals surface area contributed by atoms with Crippen LogP contribution in [0.3, 0.4) is 0 Å². The first-order valence-electron chi connectivity index (χ1n) is 2.09. The zero-order valence-electron chi connectivity index (χ0n) is 3.83.